The topological polar surface area (TPSA) is 76.7 Å². The van der Waals surface area contributed by atoms with Gasteiger partial charge in [-0.2, -0.15) is 0 Å². The highest BCUT2D eigenvalue weighted by atomic mass is 16.5. The second-order valence-electron chi connectivity index (χ2n) is 7.16. The minimum atomic E-state index is -0.420. The van der Waals surface area contributed by atoms with Gasteiger partial charge < -0.3 is 9.47 Å². The molecule has 0 saturated carbocycles. The third kappa shape index (κ3) is 6.95. The lowest BCUT2D eigenvalue weighted by atomic mass is 10.1. The van der Waals surface area contributed by atoms with Crippen LogP contribution in [0.2, 0.25) is 0 Å². The zero-order chi connectivity index (χ0) is 20.5. The molecule has 2 N–H and O–H groups in total. The van der Waals surface area contributed by atoms with E-state index in [0.717, 1.165) is 6.42 Å². The molecular weight excluding hydrogens is 356 g/mol. The van der Waals surface area contributed by atoms with E-state index < -0.39 is 11.8 Å². The van der Waals surface area contributed by atoms with Gasteiger partial charge in [-0.1, -0.05) is 19.9 Å². The summed E-state index contributed by atoms with van der Waals surface area (Å²) in [4.78, 5) is 24.5. The maximum atomic E-state index is 12.2. The number of benzene rings is 2. The smallest absolute Gasteiger partial charge is 0.269 e. The molecule has 2 aromatic carbocycles. The van der Waals surface area contributed by atoms with E-state index in [0.29, 0.717) is 35.2 Å². The first-order valence-electron chi connectivity index (χ1n) is 9.45. The third-order valence-corrected chi connectivity index (χ3v) is 3.84. The van der Waals surface area contributed by atoms with Crippen LogP contribution in [0.15, 0.2) is 48.5 Å². The van der Waals surface area contributed by atoms with Gasteiger partial charge >= 0.3 is 0 Å². The van der Waals surface area contributed by atoms with Gasteiger partial charge in [0.25, 0.3) is 11.8 Å². The van der Waals surface area contributed by atoms with Gasteiger partial charge in [-0.25, -0.2) is 0 Å². The second-order valence-corrected chi connectivity index (χ2v) is 7.16. The average molecular weight is 384 g/mol. The summed E-state index contributed by atoms with van der Waals surface area (Å²) in [5.74, 6) is 1.06. The first-order chi connectivity index (χ1) is 13.3. The SMILES string of the molecule is CC(C)CCOc1ccc(C(=O)NNC(=O)c2cccc(OC(C)C)c2)cc1. The van der Waals surface area contributed by atoms with Crippen LogP contribution in [-0.4, -0.2) is 24.5 Å². The molecule has 0 fully saturated rings. The van der Waals surface area contributed by atoms with Gasteiger partial charge in [0.15, 0.2) is 0 Å². The average Bonchev–Trinajstić information content (AvgIpc) is 2.66. The number of hydrogen-bond acceptors (Lipinski definition) is 4. The van der Waals surface area contributed by atoms with E-state index in [9.17, 15) is 9.59 Å². The minimum Gasteiger partial charge on any atom is -0.494 e. The molecule has 0 radical (unpaired) electrons. The second kappa shape index (κ2) is 10.3. The quantitative estimate of drug-likeness (QED) is 0.675. The lowest BCUT2D eigenvalue weighted by molar-refractivity contribution is 0.0846. The van der Waals surface area contributed by atoms with Gasteiger partial charge in [-0.3, -0.25) is 20.4 Å². The summed E-state index contributed by atoms with van der Waals surface area (Å²) in [7, 11) is 0. The number of nitrogens with one attached hydrogen (secondary N) is 2. The van der Waals surface area contributed by atoms with E-state index in [4.69, 9.17) is 9.47 Å². The molecule has 6 heteroatoms. The van der Waals surface area contributed by atoms with Crippen LogP contribution in [0.4, 0.5) is 0 Å². The number of hydrazine groups is 1. The van der Waals surface area contributed by atoms with E-state index in [1.165, 1.54) is 0 Å². The number of ether oxygens (including phenoxy) is 2. The lowest BCUT2D eigenvalue weighted by Crippen LogP contribution is -2.41. The molecule has 0 aliphatic rings. The van der Waals surface area contributed by atoms with E-state index >= 15 is 0 Å². The van der Waals surface area contributed by atoms with Crippen molar-refractivity contribution in [1.82, 2.24) is 10.9 Å². The first-order valence-corrected chi connectivity index (χ1v) is 9.45. The fraction of sp³-hybridized carbons (Fsp3) is 0.364. The Labute approximate surface area is 166 Å². The predicted molar refractivity (Wildman–Crippen MR) is 109 cm³/mol. The Morgan fingerprint density at radius 2 is 1.50 bits per heavy atom. The molecule has 6 nitrogen and oxygen atoms in total. The predicted octanol–water partition coefficient (Wildman–Crippen LogP) is 3.97. The van der Waals surface area contributed by atoms with Crippen LogP contribution in [0, 0.1) is 5.92 Å². The van der Waals surface area contributed by atoms with Crippen molar-refractivity contribution < 1.29 is 19.1 Å². The molecule has 28 heavy (non-hydrogen) atoms. The van der Waals surface area contributed by atoms with Crippen molar-refractivity contribution >= 4 is 11.8 Å². The van der Waals surface area contributed by atoms with Crippen molar-refractivity contribution in [2.45, 2.75) is 40.2 Å². The zero-order valence-corrected chi connectivity index (χ0v) is 16.8. The van der Waals surface area contributed by atoms with Gasteiger partial charge in [0.1, 0.15) is 11.5 Å². The van der Waals surface area contributed by atoms with Crippen molar-refractivity contribution in [3.05, 3.63) is 59.7 Å². The Balaban J connectivity index is 1.87. The van der Waals surface area contributed by atoms with E-state index in [1.807, 2.05) is 13.8 Å². The van der Waals surface area contributed by atoms with Gasteiger partial charge in [-0.05, 0) is 68.7 Å². The summed E-state index contributed by atoms with van der Waals surface area (Å²) in [5.41, 5.74) is 5.65. The van der Waals surface area contributed by atoms with Crippen molar-refractivity contribution in [3.8, 4) is 11.5 Å². The third-order valence-electron chi connectivity index (χ3n) is 3.84. The Hall–Kier alpha value is -3.02. The number of carbonyl (C=O) groups excluding carboxylic acids is 2. The van der Waals surface area contributed by atoms with Crippen LogP contribution in [-0.2, 0) is 0 Å². The van der Waals surface area contributed by atoms with E-state index in [-0.39, 0.29) is 6.10 Å². The largest absolute Gasteiger partial charge is 0.494 e. The Bertz CT molecular complexity index is 785. The van der Waals surface area contributed by atoms with Crippen molar-refractivity contribution in [2.24, 2.45) is 5.92 Å². The molecule has 0 unspecified atom stereocenters. The van der Waals surface area contributed by atoms with Gasteiger partial charge in [0.05, 0.1) is 12.7 Å². The minimum absolute atomic E-state index is 0.00957. The highest BCUT2D eigenvalue weighted by Gasteiger charge is 2.10. The molecule has 0 aliphatic carbocycles. The molecule has 2 rings (SSSR count). The van der Waals surface area contributed by atoms with Crippen LogP contribution >= 0.6 is 0 Å². The first kappa shape index (κ1) is 21.3. The van der Waals surface area contributed by atoms with Crippen LogP contribution < -0.4 is 20.3 Å². The van der Waals surface area contributed by atoms with E-state index in [2.05, 4.69) is 24.7 Å². The summed E-state index contributed by atoms with van der Waals surface area (Å²) in [6.45, 7) is 8.73. The van der Waals surface area contributed by atoms with Crippen LogP contribution in [0.1, 0.15) is 54.8 Å². The highest BCUT2D eigenvalue weighted by molar-refractivity contribution is 5.99. The number of carbonyl (C=O) groups is 2. The van der Waals surface area contributed by atoms with Gasteiger partial charge in [0.2, 0.25) is 0 Å². The molecule has 0 aliphatic heterocycles. The van der Waals surface area contributed by atoms with E-state index in [1.54, 1.807) is 48.5 Å². The summed E-state index contributed by atoms with van der Waals surface area (Å²) < 4.78 is 11.2. The molecule has 0 bridgehead atoms. The van der Waals surface area contributed by atoms with Crippen LogP contribution in [0.25, 0.3) is 0 Å². The summed E-state index contributed by atoms with van der Waals surface area (Å²) >= 11 is 0. The zero-order valence-electron chi connectivity index (χ0n) is 16.8. The monoisotopic (exact) mass is 384 g/mol. The van der Waals surface area contributed by atoms with Gasteiger partial charge in [-0.15, -0.1) is 0 Å². The fourth-order valence-electron chi connectivity index (χ4n) is 2.36. The summed E-state index contributed by atoms with van der Waals surface area (Å²) in [6, 6.07) is 13.6. The molecular formula is C22H28N2O4. The van der Waals surface area contributed by atoms with Crippen LogP contribution in [0.3, 0.4) is 0 Å². The molecule has 150 valence electrons. The standard InChI is InChI=1S/C22H28N2O4/c1-15(2)12-13-27-19-10-8-17(9-11-19)21(25)23-24-22(26)18-6-5-7-20(14-18)28-16(3)4/h5-11,14-16H,12-13H2,1-4H3,(H,23,25)(H,24,26). The number of hydrogen-bond donors (Lipinski definition) is 2. The van der Waals surface area contributed by atoms with Crippen molar-refractivity contribution in [2.75, 3.05) is 6.61 Å². The van der Waals surface area contributed by atoms with Crippen molar-refractivity contribution in [1.29, 1.82) is 0 Å². The summed E-state index contributed by atoms with van der Waals surface area (Å²) in [5, 5.41) is 0. The van der Waals surface area contributed by atoms with Gasteiger partial charge in [0, 0.05) is 11.1 Å². The molecule has 0 atom stereocenters. The Morgan fingerprint density at radius 3 is 2.11 bits per heavy atom. The maximum Gasteiger partial charge on any atom is 0.269 e. The van der Waals surface area contributed by atoms with Crippen molar-refractivity contribution in [3.63, 3.8) is 0 Å². The number of amides is 2. The molecule has 0 saturated heterocycles. The highest BCUT2D eigenvalue weighted by Crippen LogP contribution is 2.15. The maximum absolute atomic E-state index is 12.2. The lowest BCUT2D eigenvalue weighted by Gasteiger charge is -2.12. The molecule has 2 aromatic rings. The summed E-state index contributed by atoms with van der Waals surface area (Å²) in [6.07, 6.45) is 0.979. The number of rotatable bonds is 8. The molecule has 2 amide bonds. The Kier molecular flexibility index (Phi) is 7.87. The normalized spacial score (nSPS) is 10.6. The molecule has 0 heterocycles. The molecule has 0 spiro atoms. The van der Waals surface area contributed by atoms with Crippen LogP contribution in [0.5, 0.6) is 11.5 Å². The molecule has 0 aromatic heterocycles. The fourth-order valence-corrected chi connectivity index (χ4v) is 2.36. The Morgan fingerprint density at radius 1 is 0.857 bits per heavy atom.